The Kier molecular flexibility index (Phi) is 5.29. The number of hydrogen-bond acceptors (Lipinski definition) is 2. The summed E-state index contributed by atoms with van der Waals surface area (Å²) in [5.41, 5.74) is 2.75. The minimum absolute atomic E-state index is 0.759. The molecule has 3 rings (SSSR count). The lowest BCUT2D eigenvalue weighted by Gasteiger charge is -2.17. The monoisotopic (exact) mass is 301 g/mol. The van der Waals surface area contributed by atoms with E-state index < -0.39 is 0 Å². The second-order valence-electron chi connectivity index (χ2n) is 6.56. The Labute approximate surface area is 132 Å². The van der Waals surface area contributed by atoms with Crippen molar-refractivity contribution in [2.24, 2.45) is 0 Å². The average Bonchev–Trinajstić information content (AvgIpc) is 2.82. The Morgan fingerprint density at radius 1 is 0.905 bits per heavy atom. The molecule has 1 aliphatic carbocycles. The molecule has 1 aromatic heterocycles. The van der Waals surface area contributed by atoms with Gasteiger partial charge in [0.2, 0.25) is 0 Å². The van der Waals surface area contributed by atoms with Crippen LogP contribution in [0.3, 0.4) is 0 Å². The predicted octanol–water partition coefficient (Wildman–Crippen LogP) is 6.60. The van der Waals surface area contributed by atoms with Crippen LogP contribution in [0.5, 0.6) is 0 Å². The summed E-state index contributed by atoms with van der Waals surface area (Å²) >= 11 is 1.81. The Morgan fingerprint density at radius 3 is 2.19 bits per heavy atom. The summed E-state index contributed by atoms with van der Waals surface area (Å²) in [5.74, 6) is 0.759. The van der Waals surface area contributed by atoms with Crippen LogP contribution in [-0.4, -0.2) is 4.98 Å². The normalized spacial score (nSPS) is 19.5. The van der Waals surface area contributed by atoms with Crippen LogP contribution in [0.4, 0.5) is 0 Å². The molecule has 0 aliphatic heterocycles. The van der Waals surface area contributed by atoms with E-state index in [4.69, 9.17) is 0 Å². The Hall–Kier alpha value is -0.890. The molecule has 1 aliphatic rings. The van der Waals surface area contributed by atoms with E-state index in [1.54, 1.807) is 0 Å². The number of aryl methyl sites for hydroxylation is 1. The zero-order chi connectivity index (χ0) is 14.5. The molecular weight excluding hydrogens is 274 g/mol. The third kappa shape index (κ3) is 4.06. The fourth-order valence-electron chi connectivity index (χ4n) is 3.63. The molecule has 0 radical (unpaired) electrons. The second kappa shape index (κ2) is 7.40. The molecular formula is C19H27NS. The molecule has 1 nitrogen and oxygen atoms in total. The number of aromatic nitrogens is 1. The highest BCUT2D eigenvalue weighted by Crippen LogP contribution is 2.32. The van der Waals surface area contributed by atoms with Crippen molar-refractivity contribution < 1.29 is 0 Å². The molecule has 0 amide bonds. The first-order chi connectivity index (χ1) is 10.3. The van der Waals surface area contributed by atoms with Crippen LogP contribution >= 0.6 is 11.3 Å². The summed E-state index contributed by atoms with van der Waals surface area (Å²) in [6.45, 7) is 2.11. The van der Waals surface area contributed by atoms with Gasteiger partial charge in [-0.2, -0.15) is 0 Å². The lowest BCUT2D eigenvalue weighted by molar-refractivity contribution is 0.514. The van der Waals surface area contributed by atoms with Gasteiger partial charge in [-0.3, -0.25) is 0 Å². The standard InChI is InChI=1S/C19H27NS/c1-15-20-18-14-17(12-13-19(18)21-15)16-10-8-6-4-2-3-5-7-9-11-16/h12-14,16H,2-11H2,1H3. The van der Waals surface area contributed by atoms with Gasteiger partial charge in [-0.05, 0) is 43.4 Å². The van der Waals surface area contributed by atoms with E-state index in [1.165, 1.54) is 85.0 Å². The van der Waals surface area contributed by atoms with Crippen molar-refractivity contribution in [1.82, 2.24) is 4.98 Å². The zero-order valence-electron chi connectivity index (χ0n) is 13.2. The summed E-state index contributed by atoms with van der Waals surface area (Å²) < 4.78 is 1.34. The SMILES string of the molecule is Cc1nc2cc(C3CCCCCCCCCC3)ccc2s1. The van der Waals surface area contributed by atoms with Gasteiger partial charge in [0.15, 0.2) is 0 Å². The van der Waals surface area contributed by atoms with Gasteiger partial charge in [0, 0.05) is 0 Å². The first kappa shape index (κ1) is 15.0. The maximum Gasteiger partial charge on any atom is 0.0907 e. The summed E-state index contributed by atoms with van der Waals surface area (Å²) in [7, 11) is 0. The van der Waals surface area contributed by atoms with E-state index in [0.717, 1.165) is 5.92 Å². The van der Waals surface area contributed by atoms with Crippen LogP contribution < -0.4 is 0 Å². The highest BCUT2D eigenvalue weighted by molar-refractivity contribution is 7.18. The summed E-state index contributed by atoms with van der Waals surface area (Å²) in [6, 6.07) is 7.02. The molecule has 1 fully saturated rings. The van der Waals surface area contributed by atoms with Gasteiger partial charge in [-0.25, -0.2) is 4.98 Å². The van der Waals surface area contributed by atoms with Crippen LogP contribution in [0.1, 0.15) is 80.7 Å². The number of nitrogens with zero attached hydrogens (tertiary/aromatic N) is 1. The predicted molar refractivity (Wildman–Crippen MR) is 93.3 cm³/mol. The quantitative estimate of drug-likeness (QED) is 0.578. The average molecular weight is 301 g/mol. The molecule has 1 heterocycles. The van der Waals surface area contributed by atoms with Crippen molar-refractivity contribution in [2.75, 3.05) is 0 Å². The minimum atomic E-state index is 0.759. The summed E-state index contributed by atoms with van der Waals surface area (Å²) in [6.07, 6.45) is 14.2. The van der Waals surface area contributed by atoms with E-state index >= 15 is 0 Å². The summed E-state index contributed by atoms with van der Waals surface area (Å²) in [5, 5.41) is 1.18. The first-order valence-corrected chi connectivity index (χ1v) is 9.52. The topological polar surface area (TPSA) is 12.9 Å². The van der Waals surface area contributed by atoms with Crippen molar-refractivity contribution in [3.63, 3.8) is 0 Å². The van der Waals surface area contributed by atoms with E-state index in [0.29, 0.717) is 0 Å². The molecule has 21 heavy (non-hydrogen) atoms. The van der Waals surface area contributed by atoms with Gasteiger partial charge in [0.05, 0.1) is 15.2 Å². The highest BCUT2D eigenvalue weighted by atomic mass is 32.1. The second-order valence-corrected chi connectivity index (χ2v) is 7.80. The minimum Gasteiger partial charge on any atom is -0.242 e. The molecule has 0 bridgehead atoms. The van der Waals surface area contributed by atoms with Crippen LogP contribution in [0, 0.1) is 6.92 Å². The molecule has 2 aromatic rings. The molecule has 1 saturated carbocycles. The molecule has 0 saturated heterocycles. The fourth-order valence-corrected chi connectivity index (χ4v) is 4.44. The Bertz CT molecular complexity index is 560. The van der Waals surface area contributed by atoms with Gasteiger partial charge in [-0.1, -0.05) is 57.4 Å². The molecule has 0 N–H and O–H groups in total. The maximum absolute atomic E-state index is 4.68. The third-order valence-electron chi connectivity index (χ3n) is 4.85. The summed E-state index contributed by atoms with van der Waals surface area (Å²) in [4.78, 5) is 4.68. The highest BCUT2D eigenvalue weighted by Gasteiger charge is 2.13. The van der Waals surface area contributed by atoms with Crippen LogP contribution in [0.2, 0.25) is 0 Å². The number of benzene rings is 1. The number of fused-ring (bicyclic) bond motifs is 1. The van der Waals surface area contributed by atoms with Crippen LogP contribution in [0.15, 0.2) is 18.2 Å². The van der Waals surface area contributed by atoms with Gasteiger partial charge >= 0.3 is 0 Å². The molecule has 0 spiro atoms. The maximum atomic E-state index is 4.68. The van der Waals surface area contributed by atoms with E-state index in [9.17, 15) is 0 Å². The number of thiazole rings is 1. The van der Waals surface area contributed by atoms with Gasteiger partial charge in [0.25, 0.3) is 0 Å². The molecule has 114 valence electrons. The van der Waals surface area contributed by atoms with E-state index in [1.807, 2.05) is 11.3 Å². The molecule has 2 heteroatoms. The zero-order valence-corrected chi connectivity index (χ0v) is 14.1. The van der Waals surface area contributed by atoms with Crippen molar-refractivity contribution in [2.45, 2.75) is 77.0 Å². The smallest absolute Gasteiger partial charge is 0.0907 e. The van der Waals surface area contributed by atoms with Gasteiger partial charge in [0.1, 0.15) is 0 Å². The van der Waals surface area contributed by atoms with Crippen molar-refractivity contribution in [1.29, 1.82) is 0 Å². The van der Waals surface area contributed by atoms with Crippen molar-refractivity contribution >= 4 is 21.6 Å². The van der Waals surface area contributed by atoms with Gasteiger partial charge in [-0.15, -0.1) is 11.3 Å². The fraction of sp³-hybridized carbons (Fsp3) is 0.632. The van der Waals surface area contributed by atoms with Crippen molar-refractivity contribution in [3.8, 4) is 0 Å². The first-order valence-electron chi connectivity index (χ1n) is 8.70. The lowest BCUT2D eigenvalue weighted by Crippen LogP contribution is -1.99. The molecule has 0 unspecified atom stereocenters. The van der Waals surface area contributed by atoms with E-state index in [2.05, 4.69) is 30.1 Å². The Morgan fingerprint density at radius 2 is 1.52 bits per heavy atom. The van der Waals surface area contributed by atoms with E-state index in [-0.39, 0.29) is 0 Å². The lowest BCUT2D eigenvalue weighted by atomic mass is 9.88. The van der Waals surface area contributed by atoms with Gasteiger partial charge < -0.3 is 0 Å². The number of rotatable bonds is 1. The number of hydrogen-bond donors (Lipinski definition) is 0. The molecule has 0 atom stereocenters. The van der Waals surface area contributed by atoms with Crippen LogP contribution in [0.25, 0.3) is 10.2 Å². The largest absolute Gasteiger partial charge is 0.242 e. The third-order valence-corrected chi connectivity index (χ3v) is 5.80. The van der Waals surface area contributed by atoms with Crippen molar-refractivity contribution in [3.05, 3.63) is 28.8 Å². The van der Waals surface area contributed by atoms with Crippen LogP contribution in [-0.2, 0) is 0 Å². The Balaban J connectivity index is 1.76. The molecule has 1 aromatic carbocycles.